The highest BCUT2D eigenvalue weighted by Gasteiger charge is 2.26. The number of hydrogen-bond donors (Lipinski definition) is 1. The molecule has 0 aliphatic heterocycles. The van der Waals surface area contributed by atoms with E-state index in [1.165, 1.54) is 41.7 Å². The lowest BCUT2D eigenvalue weighted by Gasteiger charge is -2.32. The van der Waals surface area contributed by atoms with Gasteiger partial charge >= 0.3 is 0 Å². The maximum atomic E-state index is 12.3. The van der Waals surface area contributed by atoms with Gasteiger partial charge in [0.05, 0.1) is 21.1 Å². The van der Waals surface area contributed by atoms with E-state index in [0.29, 0.717) is 0 Å². The van der Waals surface area contributed by atoms with E-state index in [2.05, 4.69) is 72.4 Å². The van der Waals surface area contributed by atoms with Crippen molar-refractivity contribution in [2.75, 3.05) is 26.5 Å². The van der Waals surface area contributed by atoms with Crippen molar-refractivity contribution >= 4 is 17.3 Å². The number of hydrogen-bond acceptors (Lipinski definition) is 1. The number of rotatable bonds is 7. The SMILES string of the molecule is CC1=C(/C=C/C(C)=C/C=C/C(C)=C/C(=O)Nc2ccc([N+](C)(C)C)cc2)C(C)(C)CCC1. The Hall–Kier alpha value is -2.65. The molecule has 2 rings (SSSR count). The summed E-state index contributed by atoms with van der Waals surface area (Å²) in [5.74, 6) is -0.118. The summed E-state index contributed by atoms with van der Waals surface area (Å²) in [7, 11) is 6.35. The van der Waals surface area contributed by atoms with Gasteiger partial charge in [-0.25, -0.2) is 0 Å². The Morgan fingerprint density at radius 3 is 2.28 bits per heavy atom. The quantitative estimate of drug-likeness (QED) is 0.272. The van der Waals surface area contributed by atoms with Crippen LogP contribution in [0.3, 0.4) is 0 Å². The maximum absolute atomic E-state index is 12.3. The standard InChI is InChI=1S/C29H40N2O/c1-22(14-19-27-24(3)13-10-20-29(27,4)5)11-9-12-23(2)21-28(32)30-25-15-17-26(18-16-25)31(6,7)8/h9,11-12,14-19,21H,10,13,20H2,1-8H3/p+1/b12-9+,19-14+,22-11+,23-21+. The first-order chi connectivity index (χ1) is 14.9. The van der Waals surface area contributed by atoms with E-state index < -0.39 is 0 Å². The molecule has 1 amide bonds. The van der Waals surface area contributed by atoms with Crippen molar-refractivity contribution in [2.24, 2.45) is 5.41 Å². The highest BCUT2D eigenvalue weighted by atomic mass is 16.1. The van der Waals surface area contributed by atoms with E-state index in [1.54, 1.807) is 6.08 Å². The van der Waals surface area contributed by atoms with Gasteiger partial charge in [-0.05, 0) is 68.7 Å². The summed E-state index contributed by atoms with van der Waals surface area (Å²) in [6.45, 7) is 11.0. The van der Waals surface area contributed by atoms with Gasteiger partial charge in [0.1, 0.15) is 5.69 Å². The monoisotopic (exact) mass is 433 g/mol. The average molecular weight is 434 g/mol. The number of amides is 1. The van der Waals surface area contributed by atoms with Crippen LogP contribution < -0.4 is 9.80 Å². The highest BCUT2D eigenvalue weighted by Crippen LogP contribution is 2.40. The molecule has 0 radical (unpaired) electrons. The molecule has 0 fully saturated rings. The van der Waals surface area contributed by atoms with Crippen LogP contribution in [-0.2, 0) is 4.79 Å². The van der Waals surface area contributed by atoms with E-state index in [1.807, 2.05) is 43.3 Å². The summed E-state index contributed by atoms with van der Waals surface area (Å²) < 4.78 is 0.745. The van der Waals surface area contributed by atoms with Crippen LogP contribution in [0.25, 0.3) is 0 Å². The summed E-state index contributed by atoms with van der Waals surface area (Å²) in [5, 5.41) is 2.93. The third-order valence-electron chi connectivity index (χ3n) is 6.04. The number of benzene rings is 1. The number of allylic oxidation sites excluding steroid dienone is 9. The normalized spacial score (nSPS) is 18.0. The molecule has 1 N–H and O–H groups in total. The third kappa shape index (κ3) is 7.80. The lowest BCUT2D eigenvalue weighted by Crippen LogP contribution is -2.34. The summed E-state index contributed by atoms with van der Waals surface area (Å²) in [4.78, 5) is 12.3. The summed E-state index contributed by atoms with van der Waals surface area (Å²) in [6.07, 6.45) is 15.9. The number of carbonyl (C=O) groups excluding carboxylic acids is 1. The fraction of sp³-hybridized carbons (Fsp3) is 0.414. The Labute approximate surface area is 195 Å². The van der Waals surface area contributed by atoms with E-state index in [-0.39, 0.29) is 11.3 Å². The van der Waals surface area contributed by atoms with Gasteiger partial charge in [-0.2, -0.15) is 0 Å². The van der Waals surface area contributed by atoms with Gasteiger partial charge < -0.3 is 5.32 Å². The minimum Gasteiger partial charge on any atom is -0.322 e. The number of nitrogens with zero attached hydrogens (tertiary/aromatic N) is 1. The molecule has 0 unspecified atom stereocenters. The second-order valence-electron chi connectivity index (χ2n) is 10.5. The van der Waals surface area contributed by atoms with Crippen LogP contribution >= 0.6 is 0 Å². The van der Waals surface area contributed by atoms with Gasteiger partial charge in [0, 0.05) is 23.9 Å². The van der Waals surface area contributed by atoms with Gasteiger partial charge in [-0.15, -0.1) is 0 Å². The number of anilines is 1. The van der Waals surface area contributed by atoms with Crippen LogP contribution in [0, 0.1) is 5.41 Å². The Balaban J connectivity index is 1.96. The van der Waals surface area contributed by atoms with Crippen LogP contribution in [-0.4, -0.2) is 27.1 Å². The Bertz CT molecular complexity index is 961. The first-order valence-corrected chi connectivity index (χ1v) is 11.5. The van der Waals surface area contributed by atoms with E-state index in [9.17, 15) is 4.79 Å². The van der Waals surface area contributed by atoms with Gasteiger partial charge in [0.15, 0.2) is 0 Å². The third-order valence-corrected chi connectivity index (χ3v) is 6.04. The molecule has 0 saturated carbocycles. The molecule has 1 aromatic rings. The molecule has 1 aliphatic carbocycles. The first kappa shape index (κ1) is 25.6. The minimum atomic E-state index is -0.118. The zero-order valence-corrected chi connectivity index (χ0v) is 21.3. The van der Waals surface area contributed by atoms with E-state index in [0.717, 1.165) is 15.7 Å². The molecule has 1 aliphatic rings. The van der Waals surface area contributed by atoms with Crippen LogP contribution in [0.5, 0.6) is 0 Å². The molecule has 172 valence electrons. The predicted molar refractivity (Wildman–Crippen MR) is 141 cm³/mol. The Kier molecular flexibility index (Phi) is 8.63. The average Bonchev–Trinajstić information content (AvgIpc) is 2.66. The maximum Gasteiger partial charge on any atom is 0.248 e. The molecule has 0 heterocycles. The Morgan fingerprint density at radius 1 is 1.03 bits per heavy atom. The van der Waals surface area contributed by atoms with Crippen LogP contribution in [0.2, 0.25) is 0 Å². The Morgan fingerprint density at radius 2 is 1.69 bits per heavy atom. The molecule has 0 aromatic heterocycles. The molecule has 0 saturated heterocycles. The largest absolute Gasteiger partial charge is 0.322 e. The fourth-order valence-corrected chi connectivity index (χ4v) is 4.06. The summed E-state index contributed by atoms with van der Waals surface area (Å²) in [5.41, 5.74) is 7.33. The van der Waals surface area contributed by atoms with Crippen molar-refractivity contribution in [3.63, 3.8) is 0 Å². The minimum absolute atomic E-state index is 0.118. The van der Waals surface area contributed by atoms with Crippen LogP contribution in [0.1, 0.15) is 53.9 Å². The lowest BCUT2D eigenvalue weighted by atomic mass is 9.72. The van der Waals surface area contributed by atoms with Gasteiger partial charge in [0.25, 0.3) is 0 Å². The molecule has 3 heteroatoms. The van der Waals surface area contributed by atoms with Crippen molar-refractivity contribution < 1.29 is 4.79 Å². The van der Waals surface area contributed by atoms with Crippen LogP contribution in [0.15, 0.2) is 83.0 Å². The number of nitrogens with one attached hydrogen (secondary N) is 1. The summed E-state index contributed by atoms with van der Waals surface area (Å²) in [6, 6.07) is 7.97. The molecular weight excluding hydrogens is 392 g/mol. The lowest BCUT2D eigenvalue weighted by molar-refractivity contribution is -0.111. The van der Waals surface area contributed by atoms with Crippen molar-refractivity contribution in [3.05, 3.63) is 83.0 Å². The van der Waals surface area contributed by atoms with Crippen molar-refractivity contribution in [3.8, 4) is 0 Å². The molecule has 0 atom stereocenters. The van der Waals surface area contributed by atoms with E-state index in [4.69, 9.17) is 0 Å². The second-order valence-corrected chi connectivity index (χ2v) is 10.5. The molecule has 0 bridgehead atoms. The second kappa shape index (κ2) is 10.8. The fourth-order valence-electron chi connectivity index (χ4n) is 4.06. The zero-order valence-electron chi connectivity index (χ0n) is 21.3. The predicted octanol–water partition coefficient (Wildman–Crippen LogP) is 7.35. The molecule has 0 spiro atoms. The first-order valence-electron chi connectivity index (χ1n) is 11.5. The molecular formula is C29H41N2O+. The highest BCUT2D eigenvalue weighted by molar-refractivity contribution is 6.00. The molecule has 32 heavy (non-hydrogen) atoms. The van der Waals surface area contributed by atoms with Crippen molar-refractivity contribution in [1.29, 1.82) is 0 Å². The topological polar surface area (TPSA) is 29.1 Å². The molecule has 3 nitrogen and oxygen atoms in total. The van der Waals surface area contributed by atoms with Gasteiger partial charge in [0.2, 0.25) is 5.91 Å². The molecule has 1 aromatic carbocycles. The number of carbonyl (C=O) groups is 1. The van der Waals surface area contributed by atoms with Gasteiger partial charge in [-0.1, -0.05) is 55.4 Å². The van der Waals surface area contributed by atoms with Crippen molar-refractivity contribution in [2.45, 2.75) is 53.9 Å². The zero-order chi connectivity index (χ0) is 23.9. The van der Waals surface area contributed by atoms with Crippen LogP contribution in [0.4, 0.5) is 11.4 Å². The van der Waals surface area contributed by atoms with E-state index >= 15 is 0 Å². The smallest absolute Gasteiger partial charge is 0.248 e. The van der Waals surface area contributed by atoms with Crippen molar-refractivity contribution in [1.82, 2.24) is 4.48 Å². The van der Waals surface area contributed by atoms with Gasteiger partial charge in [-0.3, -0.25) is 9.28 Å². The number of quaternary nitrogens is 1. The summed E-state index contributed by atoms with van der Waals surface area (Å²) >= 11 is 0.